The van der Waals surface area contributed by atoms with E-state index in [0.717, 1.165) is 24.8 Å². The lowest BCUT2D eigenvalue weighted by Crippen LogP contribution is -2.20. The highest BCUT2D eigenvalue weighted by molar-refractivity contribution is 6.02. The van der Waals surface area contributed by atoms with Gasteiger partial charge in [0.05, 0.1) is 18.5 Å². The van der Waals surface area contributed by atoms with Gasteiger partial charge in [-0.1, -0.05) is 0 Å². The van der Waals surface area contributed by atoms with Crippen LogP contribution in [0.5, 0.6) is 5.88 Å². The number of carbonyl (C=O) groups is 1. The molecule has 2 aromatic heterocycles. The first-order valence-electron chi connectivity index (χ1n) is 7.23. The maximum Gasteiger partial charge on any atom is 0.274 e. The highest BCUT2D eigenvalue weighted by atomic mass is 16.5. The third-order valence-electron chi connectivity index (χ3n) is 3.75. The Morgan fingerprint density at radius 2 is 2.23 bits per heavy atom. The lowest BCUT2D eigenvalue weighted by molar-refractivity contribution is 0.102. The molecule has 1 amide bonds. The largest absolute Gasteiger partial charge is 0.477 e. The van der Waals surface area contributed by atoms with Crippen molar-refractivity contribution < 1.29 is 9.53 Å². The molecule has 1 saturated carbocycles. The molecule has 4 rings (SSSR count). The van der Waals surface area contributed by atoms with Crippen molar-refractivity contribution in [2.45, 2.75) is 25.2 Å². The number of rotatable bonds is 3. The highest BCUT2D eigenvalue weighted by Gasteiger charge is 2.27. The van der Waals surface area contributed by atoms with Crippen LogP contribution in [0.3, 0.4) is 0 Å². The topological polar surface area (TPSA) is 97.0 Å². The molecule has 0 radical (unpaired) electrons. The quantitative estimate of drug-likeness (QED) is 0.888. The molecule has 2 N–H and O–H groups in total. The van der Waals surface area contributed by atoms with Gasteiger partial charge in [-0.2, -0.15) is 0 Å². The Labute approximate surface area is 125 Å². The molecule has 3 heterocycles. The number of aromatic amines is 1. The Balaban J connectivity index is 1.58. The molecule has 1 fully saturated rings. The van der Waals surface area contributed by atoms with Crippen molar-refractivity contribution in [2.24, 2.45) is 0 Å². The van der Waals surface area contributed by atoms with Crippen LogP contribution < -0.4 is 15.6 Å². The Hall–Kier alpha value is -2.70. The van der Waals surface area contributed by atoms with E-state index in [9.17, 15) is 9.59 Å². The molecule has 0 unspecified atom stereocenters. The number of aromatic nitrogens is 3. The Kier molecular flexibility index (Phi) is 2.92. The number of ether oxygens (including phenoxy) is 1. The summed E-state index contributed by atoms with van der Waals surface area (Å²) in [5.74, 6) is 1.08. The Bertz CT molecular complexity index is 811. The summed E-state index contributed by atoms with van der Waals surface area (Å²) >= 11 is 0. The van der Waals surface area contributed by atoms with E-state index < -0.39 is 5.91 Å². The minimum absolute atomic E-state index is 0.127. The van der Waals surface area contributed by atoms with Crippen LogP contribution in [-0.4, -0.2) is 27.5 Å². The van der Waals surface area contributed by atoms with Gasteiger partial charge in [0.2, 0.25) is 5.88 Å². The van der Waals surface area contributed by atoms with E-state index in [-0.39, 0.29) is 17.2 Å². The Morgan fingerprint density at radius 3 is 3.05 bits per heavy atom. The third-order valence-corrected chi connectivity index (χ3v) is 3.75. The van der Waals surface area contributed by atoms with Crippen LogP contribution in [0.4, 0.5) is 5.69 Å². The van der Waals surface area contributed by atoms with Gasteiger partial charge in [0.25, 0.3) is 11.5 Å². The molecule has 2 aromatic rings. The standard InChI is InChI=1S/C15H14N4O3/c20-12-6-11(18-13(19-12)8-1-2-8)14(21)17-10-5-9-3-4-22-15(9)16-7-10/h5-8H,1-4H2,(H,17,21)(H,18,19,20). The normalized spacial score (nSPS) is 16.0. The smallest absolute Gasteiger partial charge is 0.274 e. The number of pyridine rings is 1. The molecule has 2 aliphatic rings. The minimum Gasteiger partial charge on any atom is -0.477 e. The molecule has 7 heteroatoms. The highest BCUT2D eigenvalue weighted by Crippen LogP contribution is 2.37. The number of fused-ring (bicyclic) bond motifs is 1. The summed E-state index contributed by atoms with van der Waals surface area (Å²) in [5.41, 5.74) is 1.37. The number of hydrogen-bond donors (Lipinski definition) is 2. The summed E-state index contributed by atoms with van der Waals surface area (Å²) in [6, 6.07) is 3.05. The van der Waals surface area contributed by atoms with E-state index in [1.54, 1.807) is 0 Å². The average molecular weight is 298 g/mol. The van der Waals surface area contributed by atoms with Crippen LogP contribution in [-0.2, 0) is 6.42 Å². The van der Waals surface area contributed by atoms with E-state index >= 15 is 0 Å². The molecular formula is C15H14N4O3. The third kappa shape index (κ3) is 2.45. The second-order valence-electron chi connectivity index (χ2n) is 5.53. The number of carbonyl (C=O) groups excluding carboxylic acids is 1. The number of amides is 1. The zero-order valence-electron chi connectivity index (χ0n) is 11.8. The van der Waals surface area contributed by atoms with E-state index in [4.69, 9.17) is 4.74 Å². The molecule has 1 aliphatic carbocycles. The summed E-state index contributed by atoms with van der Waals surface area (Å²) in [6.07, 6.45) is 4.32. The predicted octanol–water partition coefficient (Wildman–Crippen LogP) is 1.23. The molecule has 0 saturated heterocycles. The second-order valence-corrected chi connectivity index (χ2v) is 5.53. The Morgan fingerprint density at radius 1 is 1.36 bits per heavy atom. The van der Waals surface area contributed by atoms with Crippen molar-refractivity contribution in [3.8, 4) is 5.88 Å². The SMILES string of the molecule is O=C(Nc1cnc2c(c1)CCO2)c1cc(=O)[nH]c(C2CC2)n1. The number of anilines is 1. The van der Waals surface area contributed by atoms with Crippen LogP contribution in [0.1, 0.15) is 40.6 Å². The van der Waals surface area contributed by atoms with Crippen molar-refractivity contribution in [3.05, 3.63) is 45.8 Å². The summed E-state index contributed by atoms with van der Waals surface area (Å²) in [5, 5.41) is 2.73. The van der Waals surface area contributed by atoms with Crippen LogP contribution in [0.25, 0.3) is 0 Å². The van der Waals surface area contributed by atoms with Crippen LogP contribution >= 0.6 is 0 Å². The zero-order chi connectivity index (χ0) is 15.1. The van der Waals surface area contributed by atoms with Crippen molar-refractivity contribution >= 4 is 11.6 Å². The fourth-order valence-electron chi connectivity index (χ4n) is 2.47. The first-order valence-corrected chi connectivity index (χ1v) is 7.23. The lowest BCUT2D eigenvalue weighted by atomic mass is 10.2. The van der Waals surface area contributed by atoms with E-state index in [1.165, 1.54) is 12.3 Å². The molecule has 0 bridgehead atoms. The number of hydrogen-bond acceptors (Lipinski definition) is 5. The molecule has 22 heavy (non-hydrogen) atoms. The summed E-state index contributed by atoms with van der Waals surface area (Å²) in [7, 11) is 0. The summed E-state index contributed by atoms with van der Waals surface area (Å²) in [4.78, 5) is 35.0. The molecular weight excluding hydrogens is 284 g/mol. The number of H-pyrrole nitrogens is 1. The zero-order valence-corrected chi connectivity index (χ0v) is 11.8. The van der Waals surface area contributed by atoms with Gasteiger partial charge in [-0.25, -0.2) is 9.97 Å². The molecule has 0 aromatic carbocycles. The minimum atomic E-state index is -0.409. The van der Waals surface area contributed by atoms with Gasteiger partial charge in [-0.15, -0.1) is 0 Å². The van der Waals surface area contributed by atoms with Gasteiger partial charge < -0.3 is 15.0 Å². The van der Waals surface area contributed by atoms with Crippen molar-refractivity contribution in [2.75, 3.05) is 11.9 Å². The average Bonchev–Trinajstić information content (AvgIpc) is 3.25. The van der Waals surface area contributed by atoms with Gasteiger partial charge >= 0.3 is 0 Å². The van der Waals surface area contributed by atoms with Gasteiger partial charge in [0, 0.05) is 24.0 Å². The fourth-order valence-corrected chi connectivity index (χ4v) is 2.47. The van der Waals surface area contributed by atoms with Crippen molar-refractivity contribution in [3.63, 3.8) is 0 Å². The van der Waals surface area contributed by atoms with Crippen molar-refractivity contribution in [1.82, 2.24) is 15.0 Å². The maximum absolute atomic E-state index is 12.3. The number of nitrogens with zero attached hydrogens (tertiary/aromatic N) is 2. The first kappa shape index (κ1) is 13.0. The summed E-state index contributed by atoms with van der Waals surface area (Å²) < 4.78 is 5.33. The molecule has 0 atom stereocenters. The van der Waals surface area contributed by atoms with Crippen molar-refractivity contribution in [1.29, 1.82) is 0 Å². The van der Waals surface area contributed by atoms with Gasteiger partial charge in [0.1, 0.15) is 11.5 Å². The predicted molar refractivity (Wildman–Crippen MR) is 78.2 cm³/mol. The molecule has 0 spiro atoms. The first-order chi connectivity index (χ1) is 10.7. The van der Waals surface area contributed by atoms with E-state index in [1.807, 2.05) is 6.07 Å². The van der Waals surface area contributed by atoms with Gasteiger partial charge in [-0.3, -0.25) is 9.59 Å². The van der Waals surface area contributed by atoms with Gasteiger partial charge in [-0.05, 0) is 18.9 Å². The number of nitrogens with one attached hydrogen (secondary N) is 2. The monoisotopic (exact) mass is 298 g/mol. The summed E-state index contributed by atoms with van der Waals surface area (Å²) in [6.45, 7) is 0.611. The van der Waals surface area contributed by atoms with E-state index in [2.05, 4.69) is 20.3 Å². The molecule has 7 nitrogen and oxygen atoms in total. The fraction of sp³-hybridized carbons (Fsp3) is 0.333. The van der Waals surface area contributed by atoms with Crippen LogP contribution in [0, 0.1) is 0 Å². The van der Waals surface area contributed by atoms with Crippen LogP contribution in [0.2, 0.25) is 0 Å². The molecule has 1 aliphatic heterocycles. The second kappa shape index (κ2) is 4.94. The molecule has 112 valence electrons. The van der Waals surface area contributed by atoms with E-state index in [0.29, 0.717) is 24.0 Å². The van der Waals surface area contributed by atoms with Gasteiger partial charge in [0.15, 0.2) is 0 Å². The lowest BCUT2D eigenvalue weighted by Gasteiger charge is -2.06. The maximum atomic E-state index is 12.3. The van der Waals surface area contributed by atoms with Crippen LogP contribution in [0.15, 0.2) is 23.1 Å².